The maximum absolute atomic E-state index is 13.7. The van der Waals surface area contributed by atoms with Gasteiger partial charge in [-0.2, -0.15) is 0 Å². The van der Waals surface area contributed by atoms with Crippen molar-refractivity contribution in [2.24, 2.45) is 0 Å². The molecule has 2 aromatic carbocycles. The first-order valence-electron chi connectivity index (χ1n) is 5.67. The third kappa shape index (κ3) is 3.23. The summed E-state index contributed by atoms with van der Waals surface area (Å²) in [6, 6.07) is 8.45. The van der Waals surface area contributed by atoms with Gasteiger partial charge in [-0.3, -0.25) is 0 Å². The lowest BCUT2D eigenvalue weighted by Gasteiger charge is -2.17. The number of anilines is 1. The lowest BCUT2D eigenvalue weighted by molar-refractivity contribution is 0.474. The van der Waals surface area contributed by atoms with Gasteiger partial charge in [0.15, 0.2) is 0 Å². The second-order valence-corrected chi connectivity index (χ2v) is 5.06. The third-order valence-electron chi connectivity index (χ3n) is 2.74. The van der Waals surface area contributed by atoms with E-state index in [9.17, 15) is 13.9 Å². The fraction of sp³-hybridized carbons (Fsp3) is 0.143. The fourth-order valence-corrected chi connectivity index (χ4v) is 2.30. The second kappa shape index (κ2) is 5.57. The molecule has 0 aliphatic carbocycles. The predicted molar refractivity (Wildman–Crippen MR) is 74.2 cm³/mol. The van der Waals surface area contributed by atoms with Gasteiger partial charge in [0.1, 0.15) is 17.4 Å². The van der Waals surface area contributed by atoms with Crippen molar-refractivity contribution < 1.29 is 13.9 Å². The molecule has 0 aliphatic rings. The number of aromatic hydroxyl groups is 1. The van der Waals surface area contributed by atoms with Gasteiger partial charge in [-0.1, -0.05) is 12.1 Å². The lowest BCUT2D eigenvalue weighted by atomic mass is 10.1. The summed E-state index contributed by atoms with van der Waals surface area (Å²) < 4.78 is 27.0. The standard InChI is InChI=1S/C14H12BrF2NO/c1-8(9-3-2-4-11(19)5-9)18-14-12(15)6-10(16)7-13(14)17/h2-8,18-19H,1H3. The highest BCUT2D eigenvalue weighted by Crippen LogP contribution is 2.30. The van der Waals surface area contributed by atoms with E-state index >= 15 is 0 Å². The maximum Gasteiger partial charge on any atom is 0.150 e. The van der Waals surface area contributed by atoms with E-state index in [4.69, 9.17) is 0 Å². The molecular formula is C14H12BrF2NO. The molecule has 2 nitrogen and oxygen atoms in total. The molecule has 2 N–H and O–H groups in total. The Morgan fingerprint density at radius 1 is 1.21 bits per heavy atom. The molecule has 0 saturated carbocycles. The maximum atomic E-state index is 13.7. The molecule has 0 aromatic heterocycles. The van der Waals surface area contributed by atoms with Gasteiger partial charge in [-0.05, 0) is 46.6 Å². The average molecular weight is 328 g/mol. The molecule has 0 amide bonds. The predicted octanol–water partition coefficient (Wildman–Crippen LogP) is 4.61. The van der Waals surface area contributed by atoms with Crippen LogP contribution in [-0.4, -0.2) is 5.11 Å². The molecule has 5 heteroatoms. The third-order valence-corrected chi connectivity index (χ3v) is 3.36. The van der Waals surface area contributed by atoms with E-state index in [-0.39, 0.29) is 17.5 Å². The van der Waals surface area contributed by atoms with Crippen LogP contribution in [0.3, 0.4) is 0 Å². The molecule has 19 heavy (non-hydrogen) atoms. The molecule has 0 fully saturated rings. The number of phenols is 1. The van der Waals surface area contributed by atoms with Gasteiger partial charge in [0.2, 0.25) is 0 Å². The fourth-order valence-electron chi connectivity index (χ4n) is 1.77. The SMILES string of the molecule is CC(Nc1c(F)cc(F)cc1Br)c1cccc(O)c1. The summed E-state index contributed by atoms with van der Waals surface area (Å²) in [5, 5.41) is 12.4. The molecule has 1 atom stereocenters. The van der Waals surface area contributed by atoms with Crippen LogP contribution in [0.25, 0.3) is 0 Å². The summed E-state index contributed by atoms with van der Waals surface area (Å²) in [5.41, 5.74) is 0.993. The highest BCUT2D eigenvalue weighted by atomic mass is 79.9. The molecule has 2 rings (SSSR count). The highest BCUT2D eigenvalue weighted by Gasteiger charge is 2.13. The van der Waals surface area contributed by atoms with E-state index in [0.717, 1.165) is 11.6 Å². The summed E-state index contributed by atoms with van der Waals surface area (Å²) in [5.74, 6) is -1.16. The van der Waals surface area contributed by atoms with Gasteiger partial charge < -0.3 is 10.4 Å². The summed E-state index contributed by atoms with van der Waals surface area (Å²) in [4.78, 5) is 0. The Hall–Kier alpha value is -1.62. The van der Waals surface area contributed by atoms with Crippen LogP contribution >= 0.6 is 15.9 Å². The van der Waals surface area contributed by atoms with Gasteiger partial charge >= 0.3 is 0 Å². The van der Waals surface area contributed by atoms with Gasteiger partial charge in [-0.15, -0.1) is 0 Å². The minimum Gasteiger partial charge on any atom is -0.508 e. The number of nitrogens with one attached hydrogen (secondary N) is 1. The smallest absolute Gasteiger partial charge is 0.150 e. The normalized spacial score (nSPS) is 12.2. The van der Waals surface area contributed by atoms with Crippen LogP contribution in [0, 0.1) is 11.6 Å². The van der Waals surface area contributed by atoms with Crippen LogP contribution in [-0.2, 0) is 0 Å². The van der Waals surface area contributed by atoms with Gasteiger partial charge in [0.25, 0.3) is 0 Å². The Bertz CT molecular complexity index is 581. The lowest BCUT2D eigenvalue weighted by Crippen LogP contribution is -2.08. The Morgan fingerprint density at radius 2 is 1.95 bits per heavy atom. The van der Waals surface area contributed by atoms with Crippen LogP contribution in [0.5, 0.6) is 5.75 Å². The summed E-state index contributed by atoms with van der Waals surface area (Å²) in [6.07, 6.45) is 0. The van der Waals surface area contributed by atoms with Crippen molar-refractivity contribution >= 4 is 21.6 Å². The summed E-state index contributed by atoms with van der Waals surface area (Å²) >= 11 is 3.12. The van der Waals surface area contributed by atoms with Crippen LogP contribution in [0.1, 0.15) is 18.5 Å². The monoisotopic (exact) mass is 327 g/mol. The average Bonchev–Trinajstić information content (AvgIpc) is 2.33. The highest BCUT2D eigenvalue weighted by molar-refractivity contribution is 9.10. The van der Waals surface area contributed by atoms with Crippen molar-refractivity contribution in [1.29, 1.82) is 0 Å². The minimum absolute atomic E-state index is 0.143. The number of rotatable bonds is 3. The topological polar surface area (TPSA) is 32.3 Å². The molecule has 100 valence electrons. The van der Waals surface area contributed by atoms with Crippen molar-refractivity contribution in [2.75, 3.05) is 5.32 Å². The molecule has 1 unspecified atom stereocenters. The number of hydrogen-bond donors (Lipinski definition) is 2. The van der Waals surface area contributed by atoms with E-state index in [1.54, 1.807) is 18.2 Å². The molecule has 0 bridgehead atoms. The summed E-state index contributed by atoms with van der Waals surface area (Å²) in [7, 11) is 0. The van der Waals surface area contributed by atoms with Crippen molar-refractivity contribution in [1.82, 2.24) is 0 Å². The van der Waals surface area contributed by atoms with E-state index in [1.165, 1.54) is 6.07 Å². The van der Waals surface area contributed by atoms with Crippen molar-refractivity contribution in [3.63, 3.8) is 0 Å². The second-order valence-electron chi connectivity index (χ2n) is 4.21. The van der Waals surface area contributed by atoms with E-state index in [0.29, 0.717) is 4.47 Å². The number of benzene rings is 2. The van der Waals surface area contributed by atoms with Gasteiger partial charge in [0, 0.05) is 16.6 Å². The van der Waals surface area contributed by atoms with Crippen LogP contribution < -0.4 is 5.32 Å². The molecule has 0 spiro atoms. The Morgan fingerprint density at radius 3 is 2.58 bits per heavy atom. The van der Waals surface area contributed by atoms with Crippen LogP contribution in [0.4, 0.5) is 14.5 Å². The first kappa shape index (κ1) is 13.8. The van der Waals surface area contributed by atoms with E-state index < -0.39 is 11.6 Å². The number of halogens is 3. The number of hydrogen-bond acceptors (Lipinski definition) is 2. The van der Waals surface area contributed by atoms with Crippen LogP contribution in [0.15, 0.2) is 40.9 Å². The quantitative estimate of drug-likeness (QED) is 0.863. The van der Waals surface area contributed by atoms with Gasteiger partial charge in [0.05, 0.1) is 5.69 Å². The van der Waals surface area contributed by atoms with Crippen LogP contribution in [0.2, 0.25) is 0 Å². The number of phenolic OH excluding ortho intramolecular Hbond substituents is 1. The molecule has 0 saturated heterocycles. The van der Waals surface area contributed by atoms with E-state index in [1.807, 2.05) is 13.0 Å². The largest absolute Gasteiger partial charge is 0.508 e. The first-order valence-corrected chi connectivity index (χ1v) is 6.46. The van der Waals surface area contributed by atoms with Crippen molar-refractivity contribution in [3.8, 4) is 5.75 Å². The molecule has 0 heterocycles. The zero-order chi connectivity index (χ0) is 14.0. The molecule has 0 radical (unpaired) electrons. The molecular weight excluding hydrogens is 316 g/mol. The van der Waals surface area contributed by atoms with Crippen molar-refractivity contribution in [3.05, 3.63) is 58.1 Å². The van der Waals surface area contributed by atoms with Crippen molar-refractivity contribution in [2.45, 2.75) is 13.0 Å². The Labute approximate surface area is 118 Å². The Kier molecular flexibility index (Phi) is 4.04. The summed E-state index contributed by atoms with van der Waals surface area (Å²) in [6.45, 7) is 1.82. The van der Waals surface area contributed by atoms with Gasteiger partial charge in [-0.25, -0.2) is 8.78 Å². The molecule has 2 aromatic rings. The minimum atomic E-state index is -0.668. The first-order chi connectivity index (χ1) is 8.97. The zero-order valence-corrected chi connectivity index (χ0v) is 11.7. The Balaban J connectivity index is 2.26. The molecule has 0 aliphatic heterocycles. The zero-order valence-electron chi connectivity index (χ0n) is 10.1. The van der Waals surface area contributed by atoms with E-state index in [2.05, 4.69) is 21.2 Å².